The average molecular weight is 621 g/mol. The van der Waals surface area contributed by atoms with Gasteiger partial charge in [-0.05, 0) is 53.7 Å². The molecule has 4 heterocycles. The normalized spacial score (nSPS) is 17.2. The molecule has 224 valence electrons. The Balaban J connectivity index is 1.13. The second kappa shape index (κ2) is 13.6. The maximum absolute atomic E-state index is 13.8. The first-order valence-corrected chi connectivity index (χ1v) is 15.4. The molecular weight excluding hydrogens is 588 g/mol. The first-order chi connectivity index (χ1) is 21.0. The fraction of sp³-hybridized carbons (Fsp3) is 0.323. The van der Waals surface area contributed by atoms with Crippen molar-refractivity contribution in [3.05, 3.63) is 83.2 Å². The van der Waals surface area contributed by atoms with Crippen LogP contribution in [0.15, 0.2) is 75.9 Å². The Bertz CT molecular complexity index is 1500. The number of nitrogens with zero attached hydrogens (tertiary/aromatic N) is 3. The van der Waals surface area contributed by atoms with Crippen molar-refractivity contribution < 1.29 is 28.2 Å². The molecular formula is C31H32N4O6S2. The smallest absolute Gasteiger partial charge is 0.270 e. The van der Waals surface area contributed by atoms with E-state index >= 15 is 0 Å². The minimum atomic E-state index is -0.365. The summed E-state index contributed by atoms with van der Waals surface area (Å²) in [5.41, 5.74) is 1.74. The molecule has 6 rings (SSSR count). The molecule has 2 saturated heterocycles. The third-order valence-electron chi connectivity index (χ3n) is 7.36. The lowest BCUT2D eigenvalue weighted by atomic mass is 10.1. The number of hydrogen-bond donors (Lipinski definition) is 1. The molecule has 2 aromatic carbocycles. The van der Waals surface area contributed by atoms with E-state index in [4.69, 9.17) is 30.8 Å². The van der Waals surface area contributed by atoms with Crippen molar-refractivity contribution in [3.8, 4) is 11.5 Å². The van der Waals surface area contributed by atoms with Crippen molar-refractivity contribution in [2.45, 2.75) is 11.6 Å². The lowest BCUT2D eigenvalue weighted by Gasteiger charge is -2.35. The topological polar surface area (TPSA) is 96.7 Å². The number of nitrogens with one attached hydrogen (secondary N) is 1. The van der Waals surface area contributed by atoms with E-state index in [1.807, 2.05) is 30.3 Å². The Labute approximate surface area is 259 Å². The average Bonchev–Trinajstić information content (AvgIpc) is 3.70. The van der Waals surface area contributed by atoms with Crippen LogP contribution in [0.1, 0.15) is 21.7 Å². The monoisotopic (exact) mass is 620 g/mol. The van der Waals surface area contributed by atoms with Gasteiger partial charge in [0.25, 0.3) is 11.8 Å². The molecule has 0 radical (unpaired) electrons. The van der Waals surface area contributed by atoms with Gasteiger partial charge in [0.1, 0.15) is 15.8 Å². The molecule has 0 atom stereocenters. The van der Waals surface area contributed by atoms with Crippen molar-refractivity contribution in [3.63, 3.8) is 0 Å². The van der Waals surface area contributed by atoms with Gasteiger partial charge >= 0.3 is 0 Å². The Hall–Kier alpha value is -3.84. The molecule has 43 heavy (non-hydrogen) atoms. The summed E-state index contributed by atoms with van der Waals surface area (Å²) in [6, 6.07) is 18.4. The minimum absolute atomic E-state index is 0.153. The molecule has 3 aromatic rings. The number of benzene rings is 2. The van der Waals surface area contributed by atoms with E-state index in [1.54, 1.807) is 41.3 Å². The van der Waals surface area contributed by atoms with Crippen LogP contribution in [0.25, 0.3) is 6.08 Å². The molecule has 0 unspecified atom stereocenters. The summed E-state index contributed by atoms with van der Waals surface area (Å²) in [5.74, 6) is 1.35. The van der Waals surface area contributed by atoms with Crippen LogP contribution in [-0.2, 0) is 16.1 Å². The van der Waals surface area contributed by atoms with E-state index in [0.29, 0.717) is 60.1 Å². The summed E-state index contributed by atoms with van der Waals surface area (Å²) in [4.78, 5) is 33.0. The van der Waals surface area contributed by atoms with Crippen molar-refractivity contribution in [1.82, 2.24) is 20.0 Å². The zero-order valence-corrected chi connectivity index (χ0v) is 25.2. The van der Waals surface area contributed by atoms with Gasteiger partial charge in [-0.15, -0.1) is 0 Å². The Morgan fingerprint density at radius 1 is 0.884 bits per heavy atom. The van der Waals surface area contributed by atoms with Crippen LogP contribution in [0, 0.1) is 0 Å². The Morgan fingerprint density at radius 2 is 1.65 bits per heavy atom. The minimum Gasteiger partial charge on any atom is -0.454 e. The number of thioether (sulfide) groups is 1. The van der Waals surface area contributed by atoms with Crippen molar-refractivity contribution in [2.24, 2.45) is 0 Å². The highest BCUT2D eigenvalue weighted by atomic mass is 32.2. The second-order valence-corrected chi connectivity index (χ2v) is 11.9. The van der Waals surface area contributed by atoms with Crippen LogP contribution < -0.4 is 14.8 Å². The van der Waals surface area contributed by atoms with E-state index in [1.165, 1.54) is 11.8 Å². The fourth-order valence-corrected chi connectivity index (χ4v) is 6.20. The number of hydrogen-bond acceptors (Lipinski definition) is 9. The number of furan rings is 1. The maximum Gasteiger partial charge on any atom is 0.270 e. The number of rotatable bonds is 7. The molecule has 0 bridgehead atoms. The summed E-state index contributed by atoms with van der Waals surface area (Å²) in [6.07, 6.45) is 1.59. The van der Waals surface area contributed by atoms with Crippen molar-refractivity contribution in [1.29, 1.82) is 0 Å². The van der Waals surface area contributed by atoms with Crippen LogP contribution in [0.2, 0.25) is 0 Å². The zero-order valence-electron chi connectivity index (χ0n) is 23.5. The summed E-state index contributed by atoms with van der Waals surface area (Å²) >= 11 is 6.94. The molecule has 1 aromatic heterocycles. The number of fused-ring (bicyclic) bond motifs is 1. The molecule has 0 saturated carbocycles. The number of amides is 2. The quantitative estimate of drug-likeness (QED) is 0.239. The summed E-state index contributed by atoms with van der Waals surface area (Å²) in [7, 11) is 0. The number of ether oxygens (including phenoxy) is 3. The predicted molar refractivity (Wildman–Crippen MR) is 166 cm³/mol. The Kier molecular flexibility index (Phi) is 9.27. The summed E-state index contributed by atoms with van der Waals surface area (Å²) in [5, 5.41) is 3.44. The van der Waals surface area contributed by atoms with Gasteiger partial charge in [-0.1, -0.05) is 36.5 Å². The standard InChI is InChI=1S/C31H32N4O6S2/c36-29(23-4-2-1-3-5-23)32-25(19-24-7-9-28(41-24)43-31(42)35-14-16-38-17-15-35)30(37)34-12-10-33(11-13-34)20-22-6-8-26-27(18-22)40-21-39-26/h1-9,18-19H,10-17,20-21H2,(H,32,36)/b25-19-. The number of piperazine rings is 1. The van der Waals surface area contributed by atoms with Crippen LogP contribution in [-0.4, -0.2) is 90.1 Å². The predicted octanol–water partition coefficient (Wildman–Crippen LogP) is 3.83. The maximum atomic E-state index is 13.8. The van der Waals surface area contributed by atoms with Crippen molar-refractivity contribution in [2.75, 3.05) is 59.3 Å². The lowest BCUT2D eigenvalue weighted by molar-refractivity contribution is -0.129. The van der Waals surface area contributed by atoms with Gasteiger partial charge in [0.15, 0.2) is 16.6 Å². The molecule has 12 heteroatoms. The van der Waals surface area contributed by atoms with E-state index in [0.717, 1.165) is 36.7 Å². The van der Waals surface area contributed by atoms with Crippen LogP contribution in [0.3, 0.4) is 0 Å². The molecule has 10 nitrogen and oxygen atoms in total. The summed E-state index contributed by atoms with van der Waals surface area (Å²) < 4.78 is 23.0. The first-order valence-electron chi connectivity index (χ1n) is 14.1. The SMILES string of the molecule is O=C(N/C(=C\c1ccc(SC(=S)N2CCOCC2)o1)C(=O)N1CCN(Cc2ccc3c(c2)OCO3)CC1)c1ccccc1. The third kappa shape index (κ3) is 7.39. The number of thiocarbonyl (C=S) groups is 1. The van der Waals surface area contributed by atoms with Gasteiger partial charge < -0.3 is 33.7 Å². The zero-order chi connectivity index (χ0) is 29.6. The first kappa shape index (κ1) is 29.2. The Morgan fingerprint density at radius 3 is 2.44 bits per heavy atom. The van der Waals surface area contributed by atoms with Gasteiger partial charge in [0, 0.05) is 57.5 Å². The highest BCUT2D eigenvalue weighted by Crippen LogP contribution is 2.33. The fourth-order valence-electron chi connectivity index (χ4n) is 5.02. The number of carbonyl (C=O) groups is 2. The molecule has 3 aliphatic rings. The van der Waals surface area contributed by atoms with Crippen LogP contribution in [0.5, 0.6) is 11.5 Å². The van der Waals surface area contributed by atoms with E-state index in [-0.39, 0.29) is 24.3 Å². The van der Waals surface area contributed by atoms with Gasteiger partial charge in [0.2, 0.25) is 6.79 Å². The van der Waals surface area contributed by atoms with E-state index in [2.05, 4.69) is 15.1 Å². The third-order valence-corrected chi connectivity index (χ3v) is 8.72. The molecule has 1 N–H and O–H groups in total. The molecule has 0 aliphatic carbocycles. The van der Waals surface area contributed by atoms with E-state index < -0.39 is 0 Å². The van der Waals surface area contributed by atoms with Crippen LogP contribution >= 0.6 is 24.0 Å². The largest absolute Gasteiger partial charge is 0.454 e. The van der Waals surface area contributed by atoms with Crippen molar-refractivity contribution >= 4 is 46.2 Å². The van der Waals surface area contributed by atoms with Gasteiger partial charge in [-0.25, -0.2) is 0 Å². The van der Waals surface area contributed by atoms with Gasteiger partial charge in [0.05, 0.1) is 13.2 Å². The number of morpholine rings is 1. The lowest BCUT2D eigenvalue weighted by Crippen LogP contribution is -2.50. The van der Waals surface area contributed by atoms with Crippen LogP contribution in [0.4, 0.5) is 0 Å². The van der Waals surface area contributed by atoms with Gasteiger partial charge in [-0.3, -0.25) is 14.5 Å². The molecule has 0 spiro atoms. The molecule has 2 fully saturated rings. The molecule has 2 amide bonds. The number of carbonyl (C=O) groups excluding carboxylic acids is 2. The highest BCUT2D eigenvalue weighted by molar-refractivity contribution is 8.22. The molecule has 3 aliphatic heterocycles. The highest BCUT2D eigenvalue weighted by Gasteiger charge is 2.26. The summed E-state index contributed by atoms with van der Waals surface area (Å²) in [6.45, 7) is 6.20. The van der Waals surface area contributed by atoms with Gasteiger partial charge in [-0.2, -0.15) is 0 Å². The second-order valence-electron chi connectivity index (χ2n) is 10.3. The van der Waals surface area contributed by atoms with E-state index in [9.17, 15) is 9.59 Å².